The highest BCUT2D eigenvalue weighted by Gasteiger charge is 2.48. The Bertz CT molecular complexity index is 749. The Hall–Kier alpha value is -2.63. The van der Waals surface area contributed by atoms with E-state index in [1.807, 2.05) is 24.3 Å². The van der Waals surface area contributed by atoms with E-state index in [1.165, 1.54) is 5.56 Å². The van der Waals surface area contributed by atoms with Crippen LogP contribution in [0.3, 0.4) is 0 Å². The molecule has 6 nitrogen and oxygen atoms in total. The maximum Gasteiger partial charge on any atom is 0.229 e. The second kappa shape index (κ2) is 6.47. The normalized spacial score (nSPS) is 19.2. The van der Waals surface area contributed by atoms with Gasteiger partial charge in [0.15, 0.2) is 5.82 Å². The van der Waals surface area contributed by atoms with Gasteiger partial charge in [0, 0.05) is 11.8 Å². The largest absolute Gasteiger partial charge is 0.360 e. The van der Waals surface area contributed by atoms with Gasteiger partial charge >= 0.3 is 0 Å². The van der Waals surface area contributed by atoms with E-state index in [0.717, 1.165) is 5.69 Å². The number of amides is 2. The number of carbonyl (C=O) groups is 2. The Kier molecular flexibility index (Phi) is 4.38. The molecule has 2 N–H and O–H groups in total. The number of benzene rings is 1. The van der Waals surface area contributed by atoms with Crippen molar-refractivity contribution in [1.82, 2.24) is 5.16 Å². The average Bonchev–Trinajstić information content (AvgIpc) is 3.25. The lowest BCUT2D eigenvalue weighted by atomic mass is 10.0. The Balaban J connectivity index is 1.52. The van der Waals surface area contributed by atoms with E-state index in [4.69, 9.17) is 4.52 Å². The lowest BCUT2D eigenvalue weighted by Crippen LogP contribution is -2.20. The number of nitrogens with one attached hydrogen (secondary N) is 2. The van der Waals surface area contributed by atoms with Crippen LogP contribution >= 0.6 is 0 Å². The fourth-order valence-electron chi connectivity index (χ4n) is 2.61. The van der Waals surface area contributed by atoms with Gasteiger partial charge in [-0.1, -0.05) is 31.1 Å². The summed E-state index contributed by atoms with van der Waals surface area (Å²) in [6, 6.07) is 9.44. The molecular formula is C18H21N3O3. The first-order valence-electron chi connectivity index (χ1n) is 8.09. The Morgan fingerprint density at radius 3 is 2.29 bits per heavy atom. The minimum absolute atomic E-state index is 0.121. The van der Waals surface area contributed by atoms with E-state index in [9.17, 15) is 9.59 Å². The number of rotatable bonds is 5. The van der Waals surface area contributed by atoms with Gasteiger partial charge in [-0.15, -0.1) is 0 Å². The molecule has 1 aromatic carbocycles. The number of anilines is 2. The lowest BCUT2D eigenvalue weighted by Gasteiger charge is -2.08. The number of aryl methyl sites for hydroxylation is 1. The zero-order chi connectivity index (χ0) is 17.3. The number of carbonyl (C=O) groups excluding carboxylic acids is 2. The van der Waals surface area contributed by atoms with Gasteiger partial charge in [-0.25, -0.2) is 0 Å². The van der Waals surface area contributed by atoms with Gasteiger partial charge in [0.25, 0.3) is 0 Å². The van der Waals surface area contributed by atoms with Crippen LogP contribution in [0.5, 0.6) is 0 Å². The Morgan fingerprint density at radius 2 is 1.75 bits per heavy atom. The zero-order valence-corrected chi connectivity index (χ0v) is 14.0. The van der Waals surface area contributed by atoms with Crippen LogP contribution in [-0.2, 0) is 9.59 Å². The van der Waals surface area contributed by atoms with E-state index in [1.54, 1.807) is 13.0 Å². The second-order valence-corrected chi connectivity index (χ2v) is 6.53. The van der Waals surface area contributed by atoms with Gasteiger partial charge in [-0.3, -0.25) is 9.59 Å². The van der Waals surface area contributed by atoms with Crippen molar-refractivity contribution in [1.29, 1.82) is 0 Å². The molecule has 3 rings (SSSR count). The summed E-state index contributed by atoms with van der Waals surface area (Å²) >= 11 is 0. The molecule has 1 aromatic heterocycles. The highest BCUT2D eigenvalue weighted by Crippen LogP contribution is 2.40. The first-order chi connectivity index (χ1) is 11.4. The van der Waals surface area contributed by atoms with Crippen LogP contribution < -0.4 is 10.6 Å². The summed E-state index contributed by atoms with van der Waals surface area (Å²) in [6.07, 6.45) is 0.554. The first kappa shape index (κ1) is 16.2. The topological polar surface area (TPSA) is 84.2 Å². The smallest absolute Gasteiger partial charge is 0.229 e. The van der Waals surface area contributed by atoms with Gasteiger partial charge in [-0.05, 0) is 37.0 Å². The molecule has 0 aliphatic heterocycles. The monoisotopic (exact) mass is 327 g/mol. The van der Waals surface area contributed by atoms with Gasteiger partial charge in [0.1, 0.15) is 5.76 Å². The van der Waals surface area contributed by atoms with Crippen molar-refractivity contribution in [2.45, 2.75) is 33.1 Å². The van der Waals surface area contributed by atoms with Crippen molar-refractivity contribution < 1.29 is 14.1 Å². The molecule has 24 heavy (non-hydrogen) atoms. The molecule has 2 amide bonds. The average molecular weight is 327 g/mol. The summed E-state index contributed by atoms with van der Waals surface area (Å²) in [7, 11) is 0. The number of hydrogen-bond acceptors (Lipinski definition) is 4. The fourth-order valence-corrected chi connectivity index (χ4v) is 2.61. The minimum atomic E-state index is -0.308. The SMILES string of the molecule is Cc1cc(NC(=O)C2CC2C(=O)Nc2ccc(C(C)C)cc2)no1. The maximum atomic E-state index is 12.2. The van der Waals surface area contributed by atoms with Gasteiger partial charge < -0.3 is 15.2 Å². The van der Waals surface area contributed by atoms with Crippen molar-refractivity contribution in [3.05, 3.63) is 41.7 Å². The third-order valence-electron chi connectivity index (χ3n) is 4.19. The van der Waals surface area contributed by atoms with Crippen molar-refractivity contribution in [2.75, 3.05) is 10.6 Å². The van der Waals surface area contributed by atoms with E-state index in [2.05, 4.69) is 29.6 Å². The van der Waals surface area contributed by atoms with Crippen LogP contribution in [0.1, 0.15) is 37.5 Å². The number of aromatic nitrogens is 1. The summed E-state index contributed by atoms with van der Waals surface area (Å²) in [6.45, 7) is 6.00. The van der Waals surface area contributed by atoms with Crippen LogP contribution in [0.25, 0.3) is 0 Å². The molecule has 0 saturated heterocycles. The molecule has 2 aromatic rings. The molecule has 2 atom stereocenters. The summed E-state index contributed by atoms with van der Waals surface area (Å²) in [5, 5.41) is 9.26. The molecule has 0 bridgehead atoms. The molecule has 2 unspecified atom stereocenters. The van der Waals surface area contributed by atoms with Crippen LogP contribution in [0, 0.1) is 18.8 Å². The Morgan fingerprint density at radius 1 is 1.12 bits per heavy atom. The molecule has 1 saturated carbocycles. The van der Waals surface area contributed by atoms with Crippen molar-refractivity contribution >= 4 is 23.3 Å². The quantitative estimate of drug-likeness (QED) is 0.882. The molecule has 1 fully saturated rings. The van der Waals surface area contributed by atoms with Crippen LogP contribution in [0.2, 0.25) is 0 Å². The summed E-state index contributed by atoms with van der Waals surface area (Å²) < 4.78 is 4.90. The predicted molar refractivity (Wildman–Crippen MR) is 90.6 cm³/mol. The van der Waals surface area contributed by atoms with E-state index < -0.39 is 0 Å². The zero-order valence-electron chi connectivity index (χ0n) is 14.0. The molecule has 126 valence electrons. The Labute approximate surface area is 140 Å². The molecule has 1 heterocycles. The van der Waals surface area contributed by atoms with E-state index in [0.29, 0.717) is 23.9 Å². The van der Waals surface area contributed by atoms with Crippen LogP contribution in [0.4, 0.5) is 11.5 Å². The maximum absolute atomic E-state index is 12.2. The second-order valence-electron chi connectivity index (χ2n) is 6.53. The standard InChI is InChI=1S/C18H21N3O3/c1-10(2)12-4-6-13(7-5-12)19-17(22)14-9-15(14)18(23)20-16-8-11(3)24-21-16/h4-8,10,14-15H,9H2,1-3H3,(H,19,22)(H,20,21,23). The molecule has 0 spiro atoms. The third kappa shape index (κ3) is 3.64. The summed E-state index contributed by atoms with van der Waals surface area (Å²) in [4.78, 5) is 24.3. The molecule has 0 radical (unpaired) electrons. The van der Waals surface area contributed by atoms with E-state index >= 15 is 0 Å². The summed E-state index contributed by atoms with van der Waals surface area (Å²) in [5.41, 5.74) is 1.97. The van der Waals surface area contributed by atoms with Crippen LogP contribution in [0.15, 0.2) is 34.9 Å². The van der Waals surface area contributed by atoms with Gasteiger partial charge in [0.05, 0.1) is 11.8 Å². The van der Waals surface area contributed by atoms with Crippen LogP contribution in [-0.4, -0.2) is 17.0 Å². The highest BCUT2D eigenvalue weighted by molar-refractivity contribution is 6.02. The fraction of sp³-hybridized carbons (Fsp3) is 0.389. The minimum Gasteiger partial charge on any atom is -0.360 e. The van der Waals surface area contributed by atoms with Crippen molar-refractivity contribution in [3.63, 3.8) is 0 Å². The number of nitrogens with zero attached hydrogens (tertiary/aromatic N) is 1. The molecular weight excluding hydrogens is 306 g/mol. The van der Waals surface area contributed by atoms with E-state index in [-0.39, 0.29) is 23.7 Å². The highest BCUT2D eigenvalue weighted by atomic mass is 16.5. The number of hydrogen-bond donors (Lipinski definition) is 2. The lowest BCUT2D eigenvalue weighted by molar-refractivity contribution is -0.122. The van der Waals surface area contributed by atoms with Crippen molar-refractivity contribution in [2.24, 2.45) is 11.8 Å². The summed E-state index contributed by atoms with van der Waals surface area (Å²) in [5.74, 6) is 0.543. The molecule has 1 aliphatic carbocycles. The van der Waals surface area contributed by atoms with Crippen molar-refractivity contribution in [3.8, 4) is 0 Å². The predicted octanol–water partition coefficient (Wildman–Crippen LogP) is 3.32. The third-order valence-corrected chi connectivity index (χ3v) is 4.19. The van der Waals surface area contributed by atoms with Gasteiger partial charge in [-0.2, -0.15) is 0 Å². The molecule has 1 aliphatic rings. The first-order valence-corrected chi connectivity index (χ1v) is 8.09. The van der Waals surface area contributed by atoms with Gasteiger partial charge in [0.2, 0.25) is 11.8 Å². The molecule has 6 heteroatoms.